The van der Waals surface area contributed by atoms with Crippen LogP contribution >= 0.6 is 0 Å². The van der Waals surface area contributed by atoms with Gasteiger partial charge in [-0.2, -0.15) is 0 Å². The van der Waals surface area contributed by atoms with Crippen molar-refractivity contribution in [1.29, 1.82) is 0 Å². The monoisotopic (exact) mass is 231 g/mol. The van der Waals surface area contributed by atoms with Crippen LogP contribution in [0.15, 0.2) is 0 Å². The van der Waals surface area contributed by atoms with Crippen LogP contribution in [0.25, 0.3) is 0 Å². The maximum atomic E-state index is 11.3. The Hall–Kier alpha value is -0.810. The van der Waals surface area contributed by atoms with Crippen LogP contribution in [0.5, 0.6) is 0 Å². The maximum absolute atomic E-state index is 11.3. The molecule has 0 bridgehead atoms. The fourth-order valence-corrected chi connectivity index (χ4v) is 1.37. The molecule has 1 amide bonds. The third kappa shape index (κ3) is 4.81. The van der Waals surface area contributed by atoms with Gasteiger partial charge >= 0.3 is 6.09 Å². The van der Waals surface area contributed by atoms with Crippen molar-refractivity contribution in [3.63, 3.8) is 0 Å². The number of hydrogen-bond acceptors (Lipinski definition) is 4. The number of amides is 1. The standard InChI is InChI=1S/C11H21NO4/c1-10(2,3)16-9(13)12-6-8-7-14-11(4,5)15-8/h8H,6-7H2,1-5H3,(H,12,13)/t8-/m1/s1. The van der Waals surface area contributed by atoms with Crippen LogP contribution in [-0.2, 0) is 14.2 Å². The van der Waals surface area contributed by atoms with Crippen LogP contribution < -0.4 is 5.32 Å². The highest BCUT2D eigenvalue weighted by Gasteiger charge is 2.32. The molecule has 1 aliphatic rings. The molecule has 0 aromatic carbocycles. The number of carbonyl (C=O) groups excluding carboxylic acids is 1. The molecule has 0 saturated carbocycles. The van der Waals surface area contributed by atoms with Gasteiger partial charge in [-0.3, -0.25) is 0 Å². The summed E-state index contributed by atoms with van der Waals surface area (Å²) in [6, 6.07) is 0. The lowest BCUT2D eigenvalue weighted by molar-refractivity contribution is -0.137. The predicted octanol–water partition coefficient (Wildman–Crippen LogP) is 1.66. The van der Waals surface area contributed by atoms with Crippen LogP contribution in [0.4, 0.5) is 4.79 Å². The quantitative estimate of drug-likeness (QED) is 0.785. The third-order valence-corrected chi connectivity index (χ3v) is 1.94. The fraction of sp³-hybridized carbons (Fsp3) is 0.909. The van der Waals surface area contributed by atoms with Crippen molar-refractivity contribution in [2.24, 2.45) is 0 Å². The molecule has 0 radical (unpaired) electrons. The van der Waals surface area contributed by atoms with Crippen molar-refractivity contribution in [1.82, 2.24) is 5.32 Å². The Bertz CT molecular complexity index is 257. The van der Waals surface area contributed by atoms with Crippen LogP contribution in [0.1, 0.15) is 34.6 Å². The number of hydrogen-bond donors (Lipinski definition) is 1. The summed E-state index contributed by atoms with van der Waals surface area (Å²) in [6.07, 6.45) is -0.539. The molecule has 94 valence electrons. The molecule has 1 N–H and O–H groups in total. The largest absolute Gasteiger partial charge is 0.444 e. The molecule has 0 aliphatic carbocycles. The molecule has 0 unspecified atom stereocenters. The SMILES string of the molecule is CC(C)(C)OC(=O)NC[C@@H]1COC(C)(C)O1. The molecule has 5 heteroatoms. The van der Waals surface area contributed by atoms with E-state index in [4.69, 9.17) is 14.2 Å². The normalized spacial score (nSPS) is 24.2. The van der Waals surface area contributed by atoms with Crippen LogP contribution in [-0.4, -0.2) is 36.7 Å². The minimum atomic E-state index is -0.555. The smallest absolute Gasteiger partial charge is 0.407 e. The summed E-state index contributed by atoms with van der Waals surface area (Å²) in [7, 11) is 0. The van der Waals surface area contributed by atoms with Crippen molar-refractivity contribution < 1.29 is 19.0 Å². The molecule has 1 fully saturated rings. The van der Waals surface area contributed by atoms with Gasteiger partial charge in [-0.1, -0.05) is 0 Å². The van der Waals surface area contributed by atoms with Gasteiger partial charge in [-0.25, -0.2) is 4.79 Å². The molecule has 0 aromatic rings. The van der Waals surface area contributed by atoms with Crippen LogP contribution in [0.3, 0.4) is 0 Å². The Morgan fingerprint density at radius 3 is 2.56 bits per heavy atom. The lowest BCUT2D eigenvalue weighted by atomic mass is 10.2. The van der Waals surface area contributed by atoms with E-state index in [-0.39, 0.29) is 6.10 Å². The van der Waals surface area contributed by atoms with Crippen molar-refractivity contribution in [3.8, 4) is 0 Å². The van der Waals surface area contributed by atoms with Crippen molar-refractivity contribution in [3.05, 3.63) is 0 Å². The molecule has 0 spiro atoms. The lowest BCUT2D eigenvalue weighted by Crippen LogP contribution is -2.38. The first-order chi connectivity index (χ1) is 7.18. The Balaban J connectivity index is 2.23. The molecule has 0 aromatic heterocycles. The Morgan fingerprint density at radius 2 is 2.12 bits per heavy atom. The van der Waals surface area contributed by atoms with Gasteiger partial charge in [0.15, 0.2) is 5.79 Å². The Labute approximate surface area is 96.4 Å². The highest BCUT2D eigenvalue weighted by molar-refractivity contribution is 5.67. The molecular formula is C11H21NO4. The van der Waals surface area contributed by atoms with E-state index >= 15 is 0 Å². The number of rotatable bonds is 2. The van der Waals surface area contributed by atoms with Crippen LogP contribution in [0, 0.1) is 0 Å². The zero-order valence-electron chi connectivity index (χ0n) is 10.6. The van der Waals surface area contributed by atoms with Gasteiger partial charge in [0, 0.05) is 6.54 Å². The van der Waals surface area contributed by atoms with Crippen LogP contribution in [0.2, 0.25) is 0 Å². The van der Waals surface area contributed by atoms with Crippen molar-refractivity contribution in [2.75, 3.05) is 13.2 Å². The Morgan fingerprint density at radius 1 is 1.50 bits per heavy atom. The predicted molar refractivity (Wildman–Crippen MR) is 59.1 cm³/mol. The summed E-state index contributed by atoms with van der Waals surface area (Å²) >= 11 is 0. The molecule has 1 saturated heterocycles. The Kier molecular flexibility index (Phi) is 3.80. The topological polar surface area (TPSA) is 56.8 Å². The van der Waals surface area contributed by atoms with E-state index in [2.05, 4.69) is 5.32 Å². The minimum absolute atomic E-state index is 0.109. The first-order valence-electron chi connectivity index (χ1n) is 5.47. The molecule has 1 rings (SSSR count). The molecule has 16 heavy (non-hydrogen) atoms. The number of nitrogens with one attached hydrogen (secondary N) is 1. The van der Waals surface area contributed by atoms with Gasteiger partial charge in [0.2, 0.25) is 0 Å². The van der Waals surface area contributed by atoms with Gasteiger partial charge in [0.1, 0.15) is 11.7 Å². The van der Waals surface area contributed by atoms with E-state index in [0.29, 0.717) is 13.2 Å². The number of alkyl carbamates (subject to hydrolysis) is 1. The van der Waals surface area contributed by atoms with Gasteiger partial charge < -0.3 is 19.5 Å². The zero-order chi connectivity index (χ0) is 12.4. The highest BCUT2D eigenvalue weighted by Crippen LogP contribution is 2.21. The van der Waals surface area contributed by atoms with Crippen molar-refractivity contribution >= 4 is 6.09 Å². The van der Waals surface area contributed by atoms with Gasteiger partial charge in [-0.05, 0) is 34.6 Å². The van der Waals surface area contributed by atoms with Crippen molar-refractivity contribution in [2.45, 2.75) is 52.1 Å². The average Bonchev–Trinajstić information content (AvgIpc) is 2.39. The zero-order valence-corrected chi connectivity index (χ0v) is 10.6. The highest BCUT2D eigenvalue weighted by atomic mass is 16.7. The summed E-state index contributed by atoms with van der Waals surface area (Å²) in [5.74, 6) is -0.555. The summed E-state index contributed by atoms with van der Waals surface area (Å²) in [5.41, 5.74) is -0.476. The van der Waals surface area contributed by atoms with E-state index in [1.54, 1.807) is 0 Å². The fourth-order valence-electron chi connectivity index (χ4n) is 1.37. The second-order valence-corrected chi connectivity index (χ2v) is 5.33. The van der Waals surface area contributed by atoms with E-state index in [1.807, 2.05) is 34.6 Å². The summed E-state index contributed by atoms with van der Waals surface area (Å²) in [4.78, 5) is 11.3. The van der Waals surface area contributed by atoms with Gasteiger partial charge in [-0.15, -0.1) is 0 Å². The third-order valence-electron chi connectivity index (χ3n) is 1.94. The maximum Gasteiger partial charge on any atom is 0.407 e. The summed E-state index contributed by atoms with van der Waals surface area (Å²) in [6.45, 7) is 10.1. The lowest BCUT2D eigenvalue weighted by Gasteiger charge is -2.21. The second-order valence-electron chi connectivity index (χ2n) is 5.33. The van der Waals surface area contributed by atoms with E-state index in [0.717, 1.165) is 0 Å². The molecular weight excluding hydrogens is 210 g/mol. The number of ether oxygens (including phenoxy) is 3. The van der Waals surface area contributed by atoms with Gasteiger partial charge in [0.25, 0.3) is 0 Å². The summed E-state index contributed by atoms with van der Waals surface area (Å²) < 4.78 is 16.0. The molecule has 1 heterocycles. The second kappa shape index (κ2) is 4.59. The van der Waals surface area contributed by atoms with E-state index < -0.39 is 17.5 Å². The molecule has 1 atom stereocenters. The minimum Gasteiger partial charge on any atom is -0.444 e. The van der Waals surface area contributed by atoms with Gasteiger partial charge in [0.05, 0.1) is 6.61 Å². The molecule has 5 nitrogen and oxygen atoms in total. The number of carbonyl (C=O) groups is 1. The van der Waals surface area contributed by atoms with E-state index in [1.165, 1.54) is 0 Å². The van der Waals surface area contributed by atoms with E-state index in [9.17, 15) is 4.79 Å². The average molecular weight is 231 g/mol. The molecule has 1 aliphatic heterocycles. The first-order valence-corrected chi connectivity index (χ1v) is 5.47. The summed E-state index contributed by atoms with van der Waals surface area (Å²) in [5, 5.41) is 2.65. The first kappa shape index (κ1) is 13.3.